The second-order valence-electron chi connectivity index (χ2n) is 7.90. The van der Waals surface area contributed by atoms with Crippen molar-refractivity contribution < 1.29 is 9.59 Å². The van der Waals surface area contributed by atoms with E-state index >= 15 is 0 Å². The third-order valence-electron chi connectivity index (χ3n) is 4.20. The Morgan fingerprint density at radius 3 is 2.64 bits per heavy atom. The molecule has 1 aromatic rings. The first kappa shape index (κ1) is 19.2. The molecule has 2 atom stereocenters. The van der Waals surface area contributed by atoms with Crippen molar-refractivity contribution in [2.24, 2.45) is 11.1 Å². The number of rotatable bonds is 5. The van der Waals surface area contributed by atoms with Crippen LogP contribution in [0.1, 0.15) is 39.7 Å². The third-order valence-corrected chi connectivity index (χ3v) is 4.20. The van der Waals surface area contributed by atoms with E-state index in [-0.39, 0.29) is 23.3 Å². The van der Waals surface area contributed by atoms with Crippen LogP contribution in [0.15, 0.2) is 36.4 Å². The summed E-state index contributed by atoms with van der Waals surface area (Å²) in [5, 5.41) is 2.92. The summed E-state index contributed by atoms with van der Waals surface area (Å²) >= 11 is 0. The van der Waals surface area contributed by atoms with Gasteiger partial charge in [0.25, 0.3) is 5.91 Å². The van der Waals surface area contributed by atoms with Gasteiger partial charge >= 0.3 is 0 Å². The minimum Gasteiger partial charge on any atom is -0.349 e. The molecule has 0 aliphatic carbocycles. The van der Waals surface area contributed by atoms with E-state index in [2.05, 4.69) is 32.2 Å². The zero-order valence-corrected chi connectivity index (χ0v) is 15.6. The third kappa shape index (κ3) is 5.43. The molecule has 1 heterocycles. The van der Waals surface area contributed by atoms with E-state index in [0.29, 0.717) is 6.54 Å². The number of benzene rings is 1. The van der Waals surface area contributed by atoms with Gasteiger partial charge in [-0.15, -0.1) is 0 Å². The van der Waals surface area contributed by atoms with E-state index in [0.717, 1.165) is 18.5 Å². The van der Waals surface area contributed by atoms with Crippen molar-refractivity contribution in [2.45, 2.75) is 52.6 Å². The monoisotopic (exact) mass is 343 g/mol. The number of anilines is 1. The van der Waals surface area contributed by atoms with Gasteiger partial charge in [0, 0.05) is 24.4 Å². The van der Waals surface area contributed by atoms with Crippen LogP contribution in [-0.4, -0.2) is 30.4 Å². The summed E-state index contributed by atoms with van der Waals surface area (Å²) in [6.07, 6.45) is 4.96. The first-order chi connectivity index (χ1) is 11.7. The maximum atomic E-state index is 12.6. The number of nitrogens with one attached hydrogen (secondary N) is 1. The van der Waals surface area contributed by atoms with Crippen molar-refractivity contribution in [3.8, 4) is 0 Å². The van der Waals surface area contributed by atoms with Gasteiger partial charge in [0.15, 0.2) is 0 Å². The van der Waals surface area contributed by atoms with E-state index < -0.39 is 6.04 Å². The fourth-order valence-electron chi connectivity index (χ4n) is 3.00. The Morgan fingerprint density at radius 2 is 2.00 bits per heavy atom. The van der Waals surface area contributed by atoms with Crippen molar-refractivity contribution >= 4 is 17.5 Å². The lowest BCUT2D eigenvalue weighted by Gasteiger charge is -2.25. The number of nitrogens with two attached hydrogens (primary N) is 1. The highest BCUT2D eigenvalue weighted by atomic mass is 16.2. The van der Waals surface area contributed by atoms with Crippen LogP contribution in [0, 0.1) is 5.41 Å². The predicted octanol–water partition coefficient (Wildman–Crippen LogP) is 2.40. The molecule has 1 aliphatic heterocycles. The van der Waals surface area contributed by atoms with Gasteiger partial charge in [0.2, 0.25) is 5.91 Å². The first-order valence-electron chi connectivity index (χ1n) is 8.81. The highest BCUT2D eigenvalue weighted by molar-refractivity contribution is 6.03. The molecular formula is C20H29N3O2. The van der Waals surface area contributed by atoms with E-state index in [1.165, 1.54) is 5.56 Å². The average Bonchev–Trinajstić information content (AvgIpc) is 2.94. The van der Waals surface area contributed by atoms with Crippen LogP contribution in [0.25, 0.3) is 0 Å². The van der Waals surface area contributed by atoms with Crippen LogP contribution in [0.3, 0.4) is 0 Å². The van der Waals surface area contributed by atoms with E-state index in [9.17, 15) is 9.59 Å². The van der Waals surface area contributed by atoms with Crippen molar-refractivity contribution in [1.82, 2.24) is 5.32 Å². The van der Waals surface area contributed by atoms with Crippen LogP contribution in [0.2, 0.25) is 0 Å². The van der Waals surface area contributed by atoms with Gasteiger partial charge < -0.3 is 16.0 Å². The van der Waals surface area contributed by atoms with Crippen LogP contribution >= 0.6 is 0 Å². The number of hydrogen-bond donors (Lipinski definition) is 2. The summed E-state index contributed by atoms with van der Waals surface area (Å²) in [4.78, 5) is 26.3. The lowest BCUT2D eigenvalue weighted by atomic mass is 9.88. The number of carbonyl (C=O) groups excluding carboxylic acids is 2. The normalized spacial score (nSPS) is 16.6. The molecule has 0 aromatic heterocycles. The number of amides is 2. The Hall–Kier alpha value is -2.14. The zero-order valence-electron chi connectivity index (χ0n) is 15.6. The maximum Gasteiger partial charge on any atom is 0.250 e. The fourth-order valence-corrected chi connectivity index (χ4v) is 3.00. The fraction of sp³-hybridized carbons (Fsp3) is 0.500. The Bertz CT molecular complexity index is 659. The number of para-hydroxylation sites is 1. The van der Waals surface area contributed by atoms with Crippen LogP contribution in [0.5, 0.6) is 0 Å². The van der Waals surface area contributed by atoms with Gasteiger partial charge in [-0.05, 0) is 36.8 Å². The molecule has 0 fully saturated rings. The topological polar surface area (TPSA) is 75.4 Å². The Kier molecular flexibility index (Phi) is 6.01. The van der Waals surface area contributed by atoms with E-state index in [1.54, 1.807) is 24.0 Å². The highest BCUT2D eigenvalue weighted by Gasteiger charge is 2.24. The molecule has 0 radical (unpaired) electrons. The molecular weight excluding hydrogens is 314 g/mol. The molecule has 136 valence electrons. The average molecular weight is 343 g/mol. The van der Waals surface area contributed by atoms with Gasteiger partial charge in [0.1, 0.15) is 0 Å². The summed E-state index contributed by atoms with van der Waals surface area (Å²) in [6.45, 7) is 8.65. The van der Waals surface area contributed by atoms with Crippen molar-refractivity contribution in [3.63, 3.8) is 0 Å². The van der Waals surface area contributed by atoms with Crippen LogP contribution in [-0.2, 0) is 16.0 Å². The molecule has 2 rings (SSSR count). The minimum atomic E-state index is -0.572. The largest absolute Gasteiger partial charge is 0.349 e. The summed E-state index contributed by atoms with van der Waals surface area (Å²) in [5.74, 6) is -0.267. The molecule has 1 aromatic carbocycles. The lowest BCUT2D eigenvalue weighted by Crippen LogP contribution is -2.44. The molecule has 3 N–H and O–H groups in total. The molecule has 1 aliphatic rings. The van der Waals surface area contributed by atoms with Crippen molar-refractivity contribution in [3.05, 3.63) is 42.0 Å². The molecule has 0 saturated carbocycles. The molecule has 0 saturated heterocycles. The van der Waals surface area contributed by atoms with Crippen LogP contribution < -0.4 is 16.0 Å². The van der Waals surface area contributed by atoms with Crippen molar-refractivity contribution in [1.29, 1.82) is 0 Å². The second-order valence-corrected chi connectivity index (χ2v) is 7.90. The quantitative estimate of drug-likeness (QED) is 0.806. The molecule has 0 bridgehead atoms. The lowest BCUT2D eigenvalue weighted by molar-refractivity contribution is -0.122. The Labute approximate surface area is 150 Å². The number of hydrogen-bond acceptors (Lipinski definition) is 3. The van der Waals surface area contributed by atoms with Gasteiger partial charge in [-0.2, -0.15) is 0 Å². The summed E-state index contributed by atoms with van der Waals surface area (Å²) < 4.78 is 0. The van der Waals surface area contributed by atoms with Gasteiger partial charge in [-0.25, -0.2) is 0 Å². The van der Waals surface area contributed by atoms with Gasteiger partial charge in [-0.3, -0.25) is 9.59 Å². The first-order valence-corrected chi connectivity index (χ1v) is 8.81. The van der Waals surface area contributed by atoms with Gasteiger partial charge in [0.05, 0.1) is 6.04 Å². The highest BCUT2D eigenvalue weighted by Crippen LogP contribution is 2.27. The second kappa shape index (κ2) is 7.83. The predicted molar refractivity (Wildman–Crippen MR) is 101 cm³/mol. The van der Waals surface area contributed by atoms with E-state index in [4.69, 9.17) is 5.73 Å². The SMILES string of the molecule is C[C@H](N)C(=O)N[C@H](/C=C/C(=O)N1CCc2ccccc21)CC(C)(C)C. The molecule has 0 spiro atoms. The maximum absolute atomic E-state index is 12.6. The Morgan fingerprint density at radius 1 is 1.32 bits per heavy atom. The minimum absolute atomic E-state index is 0.0173. The summed E-state index contributed by atoms with van der Waals surface area (Å²) in [6, 6.07) is 7.17. The molecule has 25 heavy (non-hydrogen) atoms. The molecule has 5 heteroatoms. The summed E-state index contributed by atoms with van der Waals surface area (Å²) in [5.41, 5.74) is 7.83. The van der Waals surface area contributed by atoms with E-state index in [1.807, 2.05) is 18.2 Å². The number of fused-ring (bicyclic) bond motifs is 1. The van der Waals surface area contributed by atoms with Crippen LogP contribution in [0.4, 0.5) is 5.69 Å². The van der Waals surface area contributed by atoms with Crippen molar-refractivity contribution in [2.75, 3.05) is 11.4 Å². The summed E-state index contributed by atoms with van der Waals surface area (Å²) in [7, 11) is 0. The van der Waals surface area contributed by atoms with Gasteiger partial charge in [-0.1, -0.05) is 45.0 Å². The molecule has 0 unspecified atom stereocenters. The Balaban J connectivity index is 2.09. The smallest absolute Gasteiger partial charge is 0.250 e. The molecule has 5 nitrogen and oxygen atoms in total. The number of nitrogens with zero attached hydrogens (tertiary/aromatic N) is 1. The standard InChI is InChI=1S/C20H29N3O2/c1-14(21)19(25)22-16(13-20(2,3)4)9-10-18(24)23-12-11-15-7-5-6-8-17(15)23/h5-10,14,16H,11-13,21H2,1-4H3,(H,22,25)/b10-9+/t14-,16+/m0/s1. The molecule has 2 amide bonds. The number of carbonyl (C=O) groups is 2. The zero-order chi connectivity index (χ0) is 18.6.